The van der Waals surface area contributed by atoms with E-state index in [9.17, 15) is 8.78 Å². The van der Waals surface area contributed by atoms with Crippen LogP contribution in [0.4, 0.5) is 8.78 Å². The van der Waals surface area contributed by atoms with Crippen LogP contribution in [-0.4, -0.2) is 5.11 Å². The van der Waals surface area contributed by atoms with Crippen molar-refractivity contribution in [1.82, 2.24) is 0 Å². The maximum absolute atomic E-state index is 12.7. The predicted molar refractivity (Wildman–Crippen MR) is 54.8 cm³/mol. The number of halogens is 2. The molecule has 0 atom stereocenters. The molecule has 0 radical (unpaired) electrons. The van der Waals surface area contributed by atoms with Gasteiger partial charge in [0.05, 0.1) is 6.61 Å². The van der Waals surface area contributed by atoms with Crippen LogP contribution in [0.15, 0.2) is 36.4 Å². The van der Waals surface area contributed by atoms with Crippen molar-refractivity contribution in [3.05, 3.63) is 47.5 Å². The molecule has 0 saturated heterocycles. The third-order valence-corrected chi connectivity index (χ3v) is 2.43. The maximum atomic E-state index is 12.7. The molecule has 15 heavy (non-hydrogen) atoms. The summed E-state index contributed by atoms with van der Waals surface area (Å²) in [5.41, 5.74) is 0.528. The van der Waals surface area contributed by atoms with Crippen LogP contribution in [0.2, 0.25) is 0 Å². The Bertz CT molecular complexity index is 475. The minimum atomic E-state index is -2.51. The van der Waals surface area contributed by atoms with E-state index < -0.39 is 6.43 Å². The highest BCUT2D eigenvalue weighted by atomic mass is 19.3. The van der Waals surface area contributed by atoms with Gasteiger partial charge in [-0.05, 0) is 16.3 Å². The molecule has 0 aliphatic heterocycles. The van der Waals surface area contributed by atoms with Crippen molar-refractivity contribution in [1.29, 1.82) is 0 Å². The second-order valence-corrected chi connectivity index (χ2v) is 3.32. The average Bonchev–Trinajstić information content (AvgIpc) is 2.27. The van der Waals surface area contributed by atoms with Gasteiger partial charge < -0.3 is 5.11 Å². The van der Waals surface area contributed by atoms with Crippen LogP contribution in [0.5, 0.6) is 0 Å². The Hall–Kier alpha value is -1.48. The summed E-state index contributed by atoms with van der Waals surface area (Å²) in [6.07, 6.45) is -2.51. The minimum absolute atomic E-state index is 0.0165. The van der Waals surface area contributed by atoms with Gasteiger partial charge >= 0.3 is 0 Å². The molecule has 1 nitrogen and oxygen atoms in total. The van der Waals surface area contributed by atoms with Crippen LogP contribution in [0.1, 0.15) is 17.6 Å². The number of rotatable bonds is 2. The number of alkyl halides is 2. The fourth-order valence-corrected chi connectivity index (χ4v) is 1.76. The normalized spacial score (nSPS) is 11.2. The first-order valence-corrected chi connectivity index (χ1v) is 4.63. The molecule has 2 aromatic carbocycles. The number of aliphatic hydroxyl groups is 1. The van der Waals surface area contributed by atoms with E-state index in [1.807, 2.05) is 0 Å². The Morgan fingerprint density at radius 3 is 2.33 bits per heavy atom. The van der Waals surface area contributed by atoms with Gasteiger partial charge in [0.15, 0.2) is 0 Å². The van der Waals surface area contributed by atoms with E-state index in [0.717, 1.165) is 5.39 Å². The van der Waals surface area contributed by atoms with E-state index in [1.54, 1.807) is 30.3 Å². The maximum Gasteiger partial charge on any atom is 0.264 e. The summed E-state index contributed by atoms with van der Waals surface area (Å²) in [5, 5.41) is 10.3. The highest BCUT2D eigenvalue weighted by Gasteiger charge is 2.13. The lowest BCUT2D eigenvalue weighted by atomic mass is 10.00. The molecule has 0 aromatic heterocycles. The lowest BCUT2D eigenvalue weighted by Crippen LogP contribution is -1.92. The van der Waals surface area contributed by atoms with Gasteiger partial charge in [-0.25, -0.2) is 8.78 Å². The highest BCUT2D eigenvalue weighted by Crippen LogP contribution is 2.30. The van der Waals surface area contributed by atoms with Crippen LogP contribution in [0.25, 0.3) is 10.8 Å². The third kappa shape index (κ3) is 1.70. The number of hydrogen-bond donors (Lipinski definition) is 1. The third-order valence-electron chi connectivity index (χ3n) is 2.43. The van der Waals surface area contributed by atoms with Crippen LogP contribution in [-0.2, 0) is 6.61 Å². The van der Waals surface area contributed by atoms with E-state index >= 15 is 0 Å². The smallest absolute Gasteiger partial charge is 0.264 e. The SMILES string of the molecule is OCc1cccc2cccc(C(F)F)c12. The van der Waals surface area contributed by atoms with Crippen molar-refractivity contribution >= 4 is 10.8 Å². The molecule has 0 fully saturated rings. The summed E-state index contributed by atoms with van der Waals surface area (Å²) < 4.78 is 25.5. The molecule has 2 rings (SSSR count). The van der Waals surface area contributed by atoms with Crippen LogP contribution >= 0.6 is 0 Å². The summed E-state index contributed by atoms with van der Waals surface area (Å²) >= 11 is 0. The van der Waals surface area contributed by atoms with Crippen molar-refractivity contribution in [2.45, 2.75) is 13.0 Å². The summed E-state index contributed by atoms with van der Waals surface area (Å²) in [6, 6.07) is 9.94. The van der Waals surface area contributed by atoms with E-state index in [-0.39, 0.29) is 12.2 Å². The zero-order chi connectivity index (χ0) is 10.8. The van der Waals surface area contributed by atoms with Gasteiger partial charge in [-0.3, -0.25) is 0 Å². The second kappa shape index (κ2) is 3.95. The minimum Gasteiger partial charge on any atom is -0.392 e. The molecule has 1 N–H and O–H groups in total. The largest absolute Gasteiger partial charge is 0.392 e. The number of fused-ring (bicyclic) bond motifs is 1. The monoisotopic (exact) mass is 208 g/mol. The van der Waals surface area contributed by atoms with E-state index in [1.165, 1.54) is 6.07 Å². The zero-order valence-corrected chi connectivity index (χ0v) is 7.95. The van der Waals surface area contributed by atoms with Crippen molar-refractivity contribution in [3.8, 4) is 0 Å². The van der Waals surface area contributed by atoms with Crippen molar-refractivity contribution in [2.75, 3.05) is 0 Å². The Morgan fingerprint density at radius 1 is 1.07 bits per heavy atom. The van der Waals surface area contributed by atoms with Gasteiger partial charge in [-0.15, -0.1) is 0 Å². The first-order chi connectivity index (χ1) is 7.24. The number of benzene rings is 2. The molecule has 78 valence electrons. The lowest BCUT2D eigenvalue weighted by Gasteiger charge is -2.09. The Labute approximate surface area is 86.0 Å². The number of aliphatic hydroxyl groups excluding tert-OH is 1. The van der Waals surface area contributed by atoms with E-state index in [0.29, 0.717) is 10.9 Å². The summed E-state index contributed by atoms with van der Waals surface area (Å²) in [7, 11) is 0. The quantitative estimate of drug-likeness (QED) is 0.803. The topological polar surface area (TPSA) is 20.2 Å². The fourth-order valence-electron chi connectivity index (χ4n) is 1.76. The second-order valence-electron chi connectivity index (χ2n) is 3.32. The molecule has 0 bridgehead atoms. The van der Waals surface area contributed by atoms with E-state index in [4.69, 9.17) is 5.11 Å². The van der Waals surface area contributed by atoms with Crippen molar-refractivity contribution < 1.29 is 13.9 Å². The van der Waals surface area contributed by atoms with Gasteiger partial charge in [-0.2, -0.15) is 0 Å². The average molecular weight is 208 g/mol. The number of hydrogen-bond acceptors (Lipinski definition) is 1. The molecule has 0 saturated carbocycles. The van der Waals surface area contributed by atoms with Crippen LogP contribution in [0.3, 0.4) is 0 Å². The highest BCUT2D eigenvalue weighted by molar-refractivity contribution is 5.89. The first-order valence-electron chi connectivity index (χ1n) is 4.63. The Morgan fingerprint density at radius 2 is 1.73 bits per heavy atom. The standard InChI is InChI=1S/C12H10F2O/c13-12(14)10-6-2-4-8-3-1-5-9(7-15)11(8)10/h1-6,12,15H,7H2. The Balaban J connectivity index is 2.81. The summed E-state index contributed by atoms with van der Waals surface area (Å²) in [4.78, 5) is 0. The molecule has 3 heteroatoms. The fraction of sp³-hybridized carbons (Fsp3) is 0.167. The molecule has 0 aliphatic rings. The van der Waals surface area contributed by atoms with Crippen LogP contribution < -0.4 is 0 Å². The molecule has 0 spiro atoms. The first kappa shape index (κ1) is 10.1. The predicted octanol–water partition coefficient (Wildman–Crippen LogP) is 3.27. The summed E-state index contributed by atoms with van der Waals surface area (Å²) in [6.45, 7) is -0.221. The van der Waals surface area contributed by atoms with Gasteiger partial charge in [0.1, 0.15) is 0 Å². The van der Waals surface area contributed by atoms with E-state index in [2.05, 4.69) is 0 Å². The van der Waals surface area contributed by atoms with Gasteiger partial charge in [0, 0.05) is 5.56 Å². The van der Waals surface area contributed by atoms with Crippen molar-refractivity contribution in [3.63, 3.8) is 0 Å². The molecule has 0 amide bonds. The molecule has 0 unspecified atom stereocenters. The molecule has 0 heterocycles. The van der Waals surface area contributed by atoms with Gasteiger partial charge in [0.25, 0.3) is 6.43 Å². The lowest BCUT2D eigenvalue weighted by molar-refractivity contribution is 0.153. The molecule has 0 aliphatic carbocycles. The van der Waals surface area contributed by atoms with Crippen molar-refractivity contribution in [2.24, 2.45) is 0 Å². The summed E-state index contributed by atoms with van der Waals surface area (Å²) in [5.74, 6) is 0. The Kier molecular flexibility index (Phi) is 2.64. The van der Waals surface area contributed by atoms with Gasteiger partial charge in [-0.1, -0.05) is 36.4 Å². The molecule has 2 aromatic rings. The van der Waals surface area contributed by atoms with Crippen LogP contribution in [0, 0.1) is 0 Å². The van der Waals surface area contributed by atoms with Gasteiger partial charge in [0.2, 0.25) is 0 Å². The molecular weight excluding hydrogens is 198 g/mol. The zero-order valence-electron chi connectivity index (χ0n) is 7.95. The molecular formula is C12H10F2O.